The number of hydrogen-bond donors (Lipinski definition) is 1. The van der Waals surface area contributed by atoms with Crippen LogP contribution in [0.15, 0.2) is 67.0 Å². The Morgan fingerprint density at radius 2 is 1.90 bits per heavy atom. The molecule has 1 atom stereocenters. The van der Waals surface area contributed by atoms with Crippen LogP contribution >= 0.6 is 0 Å². The van der Waals surface area contributed by atoms with Crippen molar-refractivity contribution in [3.8, 4) is 0 Å². The summed E-state index contributed by atoms with van der Waals surface area (Å²) in [5.41, 5.74) is 6.56. The maximum atomic E-state index is 14.0. The molecule has 0 aliphatic heterocycles. The first-order chi connectivity index (χ1) is 14.4. The fourth-order valence-corrected chi connectivity index (χ4v) is 3.69. The van der Waals surface area contributed by atoms with Gasteiger partial charge in [0.1, 0.15) is 11.5 Å². The van der Waals surface area contributed by atoms with Gasteiger partial charge in [-0.15, -0.1) is 0 Å². The van der Waals surface area contributed by atoms with Crippen molar-refractivity contribution in [3.63, 3.8) is 0 Å². The Balaban J connectivity index is 1.68. The van der Waals surface area contributed by atoms with Gasteiger partial charge in [-0.3, -0.25) is 4.79 Å². The molecule has 0 aliphatic rings. The predicted octanol–water partition coefficient (Wildman–Crippen LogP) is 5.56. The number of aromatic nitrogens is 2. The summed E-state index contributed by atoms with van der Waals surface area (Å²) in [7, 11) is 0. The van der Waals surface area contributed by atoms with Crippen molar-refractivity contribution < 1.29 is 9.18 Å². The molecule has 2 aromatic heterocycles. The highest BCUT2D eigenvalue weighted by molar-refractivity contribution is 5.91. The molecule has 4 rings (SSSR count). The van der Waals surface area contributed by atoms with E-state index in [9.17, 15) is 9.18 Å². The quantitative estimate of drug-likeness (QED) is 0.476. The van der Waals surface area contributed by atoms with Gasteiger partial charge in [-0.2, -0.15) is 0 Å². The molecule has 0 aliphatic carbocycles. The highest BCUT2D eigenvalue weighted by Crippen LogP contribution is 2.30. The molecule has 0 fully saturated rings. The molecular weight excluding hydrogens is 377 g/mol. The number of carbonyl (C=O) groups is 1. The first-order valence-corrected chi connectivity index (χ1v) is 9.97. The van der Waals surface area contributed by atoms with E-state index in [0.717, 1.165) is 33.7 Å². The van der Waals surface area contributed by atoms with Crippen LogP contribution in [-0.2, 0) is 4.79 Å². The maximum absolute atomic E-state index is 14.0. The van der Waals surface area contributed by atoms with Gasteiger partial charge < -0.3 is 9.72 Å². The van der Waals surface area contributed by atoms with Crippen LogP contribution < -0.4 is 5.32 Å². The highest BCUT2D eigenvalue weighted by atomic mass is 19.1. The standard InChI is InChI=1S/C25H24FN3O/c1-16-9-10-29-23(15-27-24(29)11-16)22(19-5-4-6-20(26)13-19)14-25(30)28-21-8-7-17(2)18(3)12-21/h4-13,15,22H,14H2,1-3H3,(H,28,30)/t22-/m1/s1. The highest BCUT2D eigenvalue weighted by Gasteiger charge is 2.22. The SMILES string of the molecule is Cc1ccn2c([C@H](CC(=O)Nc3ccc(C)c(C)c3)c3cccc(F)c3)cnc2c1. The number of nitrogens with one attached hydrogen (secondary N) is 1. The zero-order chi connectivity index (χ0) is 21.3. The van der Waals surface area contributed by atoms with E-state index in [1.54, 1.807) is 12.3 Å². The molecule has 0 bridgehead atoms. The zero-order valence-corrected chi connectivity index (χ0v) is 17.3. The minimum Gasteiger partial charge on any atom is -0.326 e. The number of rotatable bonds is 5. The van der Waals surface area contributed by atoms with Crippen LogP contribution in [0, 0.1) is 26.6 Å². The van der Waals surface area contributed by atoms with Crippen molar-refractivity contribution in [2.75, 3.05) is 5.32 Å². The molecule has 0 saturated carbocycles. The van der Waals surface area contributed by atoms with Gasteiger partial charge in [-0.25, -0.2) is 9.37 Å². The minimum absolute atomic E-state index is 0.130. The third-order valence-corrected chi connectivity index (χ3v) is 5.49. The second kappa shape index (κ2) is 8.11. The Labute approximate surface area is 175 Å². The van der Waals surface area contributed by atoms with Gasteiger partial charge in [0.2, 0.25) is 5.91 Å². The Morgan fingerprint density at radius 3 is 2.67 bits per heavy atom. The molecule has 1 amide bonds. The molecule has 4 aromatic rings. The van der Waals surface area contributed by atoms with Gasteiger partial charge in [0, 0.05) is 30.4 Å². The molecular formula is C25H24FN3O. The Morgan fingerprint density at radius 1 is 1.07 bits per heavy atom. The topological polar surface area (TPSA) is 46.4 Å². The van der Waals surface area contributed by atoms with Crippen molar-refractivity contribution in [1.82, 2.24) is 9.38 Å². The van der Waals surface area contributed by atoms with E-state index < -0.39 is 0 Å². The van der Waals surface area contributed by atoms with Gasteiger partial charge in [0.05, 0.1) is 5.69 Å². The molecule has 0 saturated heterocycles. The van der Waals surface area contributed by atoms with Crippen LogP contribution in [-0.4, -0.2) is 15.3 Å². The van der Waals surface area contributed by atoms with Gasteiger partial charge in [-0.1, -0.05) is 18.2 Å². The van der Waals surface area contributed by atoms with Crippen LogP contribution in [0.25, 0.3) is 5.65 Å². The van der Waals surface area contributed by atoms with Crippen molar-refractivity contribution in [3.05, 3.63) is 101 Å². The second-order valence-electron chi connectivity index (χ2n) is 7.77. The Bertz CT molecular complexity index is 1230. The zero-order valence-electron chi connectivity index (χ0n) is 17.3. The number of amides is 1. The van der Waals surface area contributed by atoms with Crippen molar-refractivity contribution in [2.45, 2.75) is 33.1 Å². The number of carbonyl (C=O) groups excluding carboxylic acids is 1. The van der Waals surface area contributed by atoms with E-state index in [1.807, 2.05) is 67.8 Å². The van der Waals surface area contributed by atoms with Crippen molar-refractivity contribution in [1.29, 1.82) is 0 Å². The number of hydrogen-bond acceptors (Lipinski definition) is 2. The molecule has 2 aromatic carbocycles. The lowest BCUT2D eigenvalue weighted by molar-refractivity contribution is -0.116. The Hall–Kier alpha value is -3.47. The maximum Gasteiger partial charge on any atom is 0.225 e. The normalized spacial score (nSPS) is 12.1. The van der Waals surface area contributed by atoms with E-state index in [-0.39, 0.29) is 24.1 Å². The number of aryl methyl sites for hydroxylation is 3. The van der Waals surface area contributed by atoms with Gasteiger partial charge in [-0.05, 0) is 79.4 Å². The molecule has 5 heteroatoms. The first kappa shape index (κ1) is 19.8. The summed E-state index contributed by atoms with van der Waals surface area (Å²) >= 11 is 0. The molecule has 0 unspecified atom stereocenters. The van der Waals surface area contributed by atoms with E-state index in [0.29, 0.717) is 0 Å². The average molecular weight is 401 g/mol. The lowest BCUT2D eigenvalue weighted by atomic mass is 9.92. The van der Waals surface area contributed by atoms with Gasteiger partial charge in [0.25, 0.3) is 0 Å². The van der Waals surface area contributed by atoms with Crippen LogP contribution in [0.2, 0.25) is 0 Å². The summed E-state index contributed by atoms with van der Waals surface area (Å²) in [4.78, 5) is 17.4. The summed E-state index contributed by atoms with van der Waals surface area (Å²) in [6, 6.07) is 16.3. The number of anilines is 1. The summed E-state index contributed by atoms with van der Waals surface area (Å²) in [6.45, 7) is 6.06. The number of imidazole rings is 1. The van der Waals surface area contributed by atoms with E-state index in [1.165, 1.54) is 17.7 Å². The van der Waals surface area contributed by atoms with Crippen LogP contribution in [0.3, 0.4) is 0 Å². The lowest BCUT2D eigenvalue weighted by Crippen LogP contribution is -2.17. The summed E-state index contributed by atoms with van der Waals surface area (Å²) < 4.78 is 15.9. The molecule has 0 radical (unpaired) electrons. The van der Waals surface area contributed by atoms with Crippen LogP contribution in [0.1, 0.15) is 40.3 Å². The fraction of sp³-hybridized carbons (Fsp3) is 0.200. The third-order valence-electron chi connectivity index (χ3n) is 5.49. The van der Waals surface area contributed by atoms with Gasteiger partial charge >= 0.3 is 0 Å². The summed E-state index contributed by atoms with van der Waals surface area (Å²) in [6.07, 6.45) is 3.90. The smallest absolute Gasteiger partial charge is 0.225 e. The first-order valence-electron chi connectivity index (χ1n) is 9.97. The molecule has 0 spiro atoms. The number of nitrogens with zero attached hydrogens (tertiary/aromatic N) is 2. The van der Waals surface area contributed by atoms with Crippen LogP contribution in [0.5, 0.6) is 0 Å². The third kappa shape index (κ3) is 4.10. The van der Waals surface area contributed by atoms with Gasteiger partial charge in [0.15, 0.2) is 0 Å². The molecule has 4 nitrogen and oxygen atoms in total. The molecule has 1 N–H and O–H groups in total. The summed E-state index contributed by atoms with van der Waals surface area (Å²) in [5.74, 6) is -0.781. The molecule has 152 valence electrons. The fourth-order valence-electron chi connectivity index (χ4n) is 3.69. The van der Waals surface area contributed by atoms with Crippen LogP contribution in [0.4, 0.5) is 10.1 Å². The predicted molar refractivity (Wildman–Crippen MR) is 117 cm³/mol. The number of benzene rings is 2. The average Bonchev–Trinajstić information content (AvgIpc) is 3.11. The van der Waals surface area contributed by atoms with E-state index >= 15 is 0 Å². The van der Waals surface area contributed by atoms with Crippen molar-refractivity contribution >= 4 is 17.2 Å². The number of halogens is 1. The van der Waals surface area contributed by atoms with E-state index in [4.69, 9.17) is 0 Å². The summed E-state index contributed by atoms with van der Waals surface area (Å²) in [5, 5.41) is 2.98. The monoisotopic (exact) mass is 401 g/mol. The van der Waals surface area contributed by atoms with E-state index in [2.05, 4.69) is 10.3 Å². The number of pyridine rings is 1. The largest absolute Gasteiger partial charge is 0.326 e. The number of fused-ring (bicyclic) bond motifs is 1. The second-order valence-corrected chi connectivity index (χ2v) is 7.77. The molecule has 2 heterocycles. The van der Waals surface area contributed by atoms with Crippen molar-refractivity contribution in [2.24, 2.45) is 0 Å². The minimum atomic E-state index is -0.329. The molecule has 30 heavy (non-hydrogen) atoms. The lowest BCUT2D eigenvalue weighted by Gasteiger charge is -2.18. The Kier molecular flexibility index (Phi) is 5.36.